The number of rotatable bonds is 15. The van der Waals surface area contributed by atoms with E-state index >= 15 is 0 Å². The van der Waals surface area contributed by atoms with E-state index in [0.717, 1.165) is 71.2 Å². The molecule has 4 N–H and O–H groups in total. The van der Waals surface area contributed by atoms with Crippen molar-refractivity contribution in [2.45, 2.75) is 82.0 Å². The van der Waals surface area contributed by atoms with E-state index in [-0.39, 0.29) is 54.1 Å². The van der Waals surface area contributed by atoms with Crippen LogP contribution < -0.4 is 15.4 Å². The maximum absolute atomic E-state index is 13.7. The van der Waals surface area contributed by atoms with Crippen LogP contribution in [0.1, 0.15) is 103 Å². The zero-order valence-corrected chi connectivity index (χ0v) is 38.8. The van der Waals surface area contributed by atoms with Crippen LogP contribution in [0.15, 0.2) is 116 Å². The van der Waals surface area contributed by atoms with Crippen molar-refractivity contribution < 1.29 is 33.4 Å². The van der Waals surface area contributed by atoms with Crippen LogP contribution in [0.2, 0.25) is 0 Å². The van der Waals surface area contributed by atoms with E-state index in [0.29, 0.717) is 19.7 Å². The Kier molecular flexibility index (Phi) is 13.6. The molecular weight excluding hydrogens is 861 g/mol. The minimum atomic E-state index is -0.702. The number of alkyl carbamates (subject to hydrolysis) is 2. The molecule has 3 aliphatic rings. The van der Waals surface area contributed by atoms with Gasteiger partial charge in [0.2, 0.25) is 11.8 Å². The van der Waals surface area contributed by atoms with Gasteiger partial charge < -0.3 is 44.6 Å². The van der Waals surface area contributed by atoms with Gasteiger partial charge in [-0.05, 0) is 94.9 Å². The Morgan fingerprint density at radius 1 is 0.662 bits per heavy atom. The number of nitrogens with zero attached hydrogens (tertiary/aromatic N) is 4. The molecule has 15 heteroatoms. The highest BCUT2D eigenvalue weighted by Gasteiger charge is 2.52. The summed E-state index contributed by atoms with van der Waals surface area (Å²) >= 11 is 0. The number of nitrogens with one attached hydrogen (secondary N) is 4. The van der Waals surface area contributed by atoms with Crippen LogP contribution in [0, 0.1) is 5.92 Å². The van der Waals surface area contributed by atoms with Crippen LogP contribution in [-0.4, -0.2) is 93.6 Å². The summed E-state index contributed by atoms with van der Waals surface area (Å²) in [5, 5.41) is 5.21. The van der Waals surface area contributed by atoms with E-state index < -0.39 is 18.2 Å². The van der Waals surface area contributed by atoms with Crippen molar-refractivity contribution in [2.24, 2.45) is 5.92 Å². The van der Waals surface area contributed by atoms with Gasteiger partial charge in [-0.1, -0.05) is 105 Å². The van der Waals surface area contributed by atoms with Gasteiger partial charge in [0, 0.05) is 13.1 Å². The molecular formula is C53H58N8O7. The van der Waals surface area contributed by atoms with E-state index in [2.05, 4.69) is 110 Å². The molecule has 2 aromatic heterocycles. The van der Waals surface area contributed by atoms with Crippen LogP contribution >= 0.6 is 0 Å². The smallest absolute Gasteiger partial charge is 0.407 e. The Bertz CT molecular complexity index is 2700. The van der Waals surface area contributed by atoms with E-state index in [1.165, 1.54) is 30.9 Å². The van der Waals surface area contributed by atoms with Gasteiger partial charge >= 0.3 is 12.2 Å². The Labute approximate surface area is 396 Å². The molecule has 3 fully saturated rings. The van der Waals surface area contributed by atoms with E-state index in [1.807, 2.05) is 49.3 Å². The fourth-order valence-electron chi connectivity index (χ4n) is 10.0. The largest absolute Gasteiger partial charge is 0.489 e. The van der Waals surface area contributed by atoms with Crippen molar-refractivity contribution in [3.63, 3.8) is 0 Å². The normalized spacial score (nSPS) is 20.2. The third-order valence-electron chi connectivity index (χ3n) is 13.6. The first-order valence-corrected chi connectivity index (χ1v) is 23.4. The van der Waals surface area contributed by atoms with Crippen molar-refractivity contribution in [3.8, 4) is 28.3 Å². The number of amides is 4. The van der Waals surface area contributed by atoms with Gasteiger partial charge in [-0.15, -0.1) is 0 Å². The lowest BCUT2D eigenvalue weighted by molar-refractivity contribution is -0.135. The Morgan fingerprint density at radius 3 is 1.68 bits per heavy atom. The van der Waals surface area contributed by atoms with Crippen molar-refractivity contribution in [3.05, 3.63) is 149 Å². The molecule has 6 aromatic rings. The van der Waals surface area contributed by atoms with E-state index in [4.69, 9.17) is 19.4 Å². The predicted octanol–water partition coefficient (Wildman–Crippen LogP) is 8.77. The van der Waals surface area contributed by atoms with Gasteiger partial charge in [0.1, 0.15) is 36.6 Å². The maximum Gasteiger partial charge on any atom is 0.407 e. The van der Waals surface area contributed by atoms with Gasteiger partial charge in [0.25, 0.3) is 0 Å². The molecule has 2 saturated heterocycles. The average molecular weight is 919 g/mol. The number of hydrogen-bond donors (Lipinski definition) is 4. The molecule has 9 rings (SSSR count). The first kappa shape index (κ1) is 45.7. The van der Waals surface area contributed by atoms with Gasteiger partial charge in [0.15, 0.2) is 0 Å². The molecule has 1 aliphatic carbocycles. The second kappa shape index (κ2) is 20.2. The maximum atomic E-state index is 13.7. The summed E-state index contributed by atoms with van der Waals surface area (Å²) in [7, 11) is 2.57. The van der Waals surface area contributed by atoms with Crippen LogP contribution in [0.4, 0.5) is 9.59 Å². The summed E-state index contributed by atoms with van der Waals surface area (Å²) in [6, 6.07) is 34.9. The zero-order valence-electron chi connectivity index (χ0n) is 38.8. The first-order valence-electron chi connectivity index (χ1n) is 23.4. The molecule has 4 heterocycles. The second-order valence-electron chi connectivity index (χ2n) is 18.2. The molecule has 68 heavy (non-hydrogen) atoms. The minimum absolute atomic E-state index is 0.118. The molecule has 352 valence electrons. The Balaban J connectivity index is 0.923. The fourth-order valence-corrected chi connectivity index (χ4v) is 10.0. The van der Waals surface area contributed by atoms with Gasteiger partial charge in [-0.2, -0.15) is 0 Å². The lowest BCUT2D eigenvalue weighted by Crippen LogP contribution is -2.51. The molecule has 2 aliphatic heterocycles. The molecule has 4 amide bonds. The third kappa shape index (κ3) is 9.83. The highest BCUT2D eigenvalue weighted by molar-refractivity contribution is 5.86. The standard InChI is InChI=1S/C53H58N8O7/c1-32(2)48(59-53(65)67-4)51(63)61-27-9-13-43(61)50-55-29-41(58-50)35-16-20-37(21-17-35)46-45(47(46)38-22-24-39(25-23-38)68-31-33-10-6-5-7-11-33)36-18-14-34(15-19-36)40-28-54-49(57-40)42-12-8-26-60(42)44(62)30-56-52(64)66-3/h5-7,10-11,14-25,28-29,32,42-43,45-48H,8-9,12-13,26-27,30-31H2,1-4H3,(H,54,57)(H,55,58)(H,56,64)(H,59,65)/t42-,43?,45?,46?,47?,48?/m0/s1. The van der Waals surface area contributed by atoms with Crippen molar-refractivity contribution >= 4 is 24.0 Å². The third-order valence-corrected chi connectivity index (χ3v) is 13.6. The number of likely N-dealkylation sites (tertiary alicyclic amines) is 2. The number of carbonyl (C=O) groups is 4. The number of hydrogen-bond acceptors (Lipinski definition) is 9. The molecule has 0 radical (unpaired) electrons. The molecule has 0 spiro atoms. The molecule has 0 bridgehead atoms. The van der Waals surface area contributed by atoms with Crippen LogP contribution in [-0.2, 0) is 25.7 Å². The number of benzene rings is 4. The molecule has 6 atom stereocenters. The lowest BCUT2D eigenvalue weighted by atomic mass is 10.0. The van der Waals surface area contributed by atoms with Gasteiger partial charge in [-0.3, -0.25) is 9.59 Å². The topological polar surface area (TPSA) is 184 Å². The van der Waals surface area contributed by atoms with Crippen molar-refractivity contribution in [2.75, 3.05) is 33.9 Å². The molecule has 5 unspecified atom stereocenters. The zero-order chi connectivity index (χ0) is 47.3. The molecule has 1 saturated carbocycles. The summed E-state index contributed by atoms with van der Waals surface area (Å²) in [5.74, 6) is 2.53. The number of methoxy groups -OCH3 is 2. The summed E-state index contributed by atoms with van der Waals surface area (Å²) in [6.45, 7) is 5.37. The summed E-state index contributed by atoms with van der Waals surface area (Å²) in [6.07, 6.45) is 5.63. The van der Waals surface area contributed by atoms with E-state index in [1.54, 1.807) is 4.90 Å². The summed E-state index contributed by atoms with van der Waals surface area (Å²) < 4.78 is 15.6. The highest BCUT2D eigenvalue weighted by atomic mass is 16.5. The molecule has 4 aromatic carbocycles. The van der Waals surface area contributed by atoms with Crippen LogP contribution in [0.5, 0.6) is 5.75 Å². The van der Waals surface area contributed by atoms with Crippen molar-refractivity contribution in [1.29, 1.82) is 0 Å². The van der Waals surface area contributed by atoms with Gasteiger partial charge in [-0.25, -0.2) is 19.6 Å². The SMILES string of the molecule is COC(=O)NCC(=O)N1CCC[C@H]1c1ncc(-c2ccc(C3C(c4ccc(OCc5ccccc5)cc4)C3c3ccc(-c4cnc(C5CCCN5C(=O)C(NC(=O)OC)C(C)C)[nH]4)cc3)cc2)[nH]1. The number of H-pyrrole nitrogens is 2. The molecule has 15 nitrogen and oxygen atoms in total. The lowest BCUT2D eigenvalue weighted by Gasteiger charge is -2.30. The van der Waals surface area contributed by atoms with E-state index in [9.17, 15) is 19.2 Å². The first-order chi connectivity index (χ1) is 33.1. The Hall–Kier alpha value is -7.42. The number of aromatic amines is 2. The van der Waals surface area contributed by atoms with Crippen LogP contribution in [0.3, 0.4) is 0 Å². The Morgan fingerprint density at radius 2 is 1.16 bits per heavy atom. The monoisotopic (exact) mass is 918 g/mol. The summed E-state index contributed by atoms with van der Waals surface area (Å²) in [4.78, 5) is 70.5. The van der Waals surface area contributed by atoms with Gasteiger partial charge in [0.05, 0.1) is 50.1 Å². The fraction of sp³-hybridized carbons (Fsp3) is 0.358. The number of aromatic nitrogens is 4. The average Bonchev–Trinajstić information content (AvgIpc) is 4.01. The second-order valence-corrected chi connectivity index (χ2v) is 18.2. The van der Waals surface area contributed by atoms with Crippen molar-refractivity contribution in [1.82, 2.24) is 40.4 Å². The number of imidazole rings is 2. The predicted molar refractivity (Wildman–Crippen MR) is 255 cm³/mol. The number of carbonyl (C=O) groups excluding carboxylic acids is 4. The van der Waals surface area contributed by atoms with Crippen LogP contribution in [0.25, 0.3) is 22.5 Å². The quantitative estimate of drug-likeness (QED) is 0.0782. The highest BCUT2D eigenvalue weighted by Crippen LogP contribution is 2.66. The number of ether oxygens (including phenoxy) is 3. The minimum Gasteiger partial charge on any atom is -0.489 e. The summed E-state index contributed by atoms with van der Waals surface area (Å²) in [5.41, 5.74) is 8.56.